The van der Waals surface area contributed by atoms with Gasteiger partial charge in [0.1, 0.15) is 0 Å². The van der Waals surface area contributed by atoms with Crippen LogP contribution in [0.4, 0.5) is 0 Å². The molecular formula is C19H26N2. The van der Waals surface area contributed by atoms with Gasteiger partial charge in [-0.15, -0.1) is 0 Å². The summed E-state index contributed by atoms with van der Waals surface area (Å²) in [4.78, 5) is 4.60. The SMILES string of the molecule is CCc1ccccc1CNC(C)c1c(C)cc(C)nc1C. The molecule has 2 aromatic rings. The molecule has 0 amide bonds. The summed E-state index contributed by atoms with van der Waals surface area (Å²) < 4.78 is 0. The van der Waals surface area contributed by atoms with Gasteiger partial charge < -0.3 is 5.32 Å². The lowest BCUT2D eigenvalue weighted by Crippen LogP contribution is -2.21. The Morgan fingerprint density at radius 2 is 1.76 bits per heavy atom. The quantitative estimate of drug-likeness (QED) is 0.878. The van der Waals surface area contributed by atoms with Gasteiger partial charge >= 0.3 is 0 Å². The minimum absolute atomic E-state index is 0.308. The van der Waals surface area contributed by atoms with Gasteiger partial charge in [0, 0.05) is 24.0 Å². The van der Waals surface area contributed by atoms with Gasteiger partial charge in [0.15, 0.2) is 0 Å². The first kappa shape index (κ1) is 15.7. The number of hydrogen-bond acceptors (Lipinski definition) is 2. The van der Waals surface area contributed by atoms with Crippen LogP contribution in [0.3, 0.4) is 0 Å². The van der Waals surface area contributed by atoms with E-state index in [1.165, 1.54) is 22.3 Å². The Labute approximate surface area is 128 Å². The molecule has 0 aliphatic heterocycles. The molecule has 0 spiro atoms. The van der Waals surface area contributed by atoms with Crippen molar-refractivity contribution in [1.82, 2.24) is 10.3 Å². The van der Waals surface area contributed by atoms with Crippen LogP contribution >= 0.6 is 0 Å². The van der Waals surface area contributed by atoms with E-state index in [0.29, 0.717) is 6.04 Å². The Morgan fingerprint density at radius 1 is 1.10 bits per heavy atom. The third-order valence-corrected chi connectivity index (χ3v) is 4.12. The molecule has 1 atom stereocenters. The van der Waals surface area contributed by atoms with Crippen molar-refractivity contribution in [2.24, 2.45) is 0 Å². The molecule has 1 aromatic heterocycles. The van der Waals surface area contributed by atoms with Crippen LogP contribution in [0.15, 0.2) is 30.3 Å². The average Bonchev–Trinajstić information content (AvgIpc) is 2.44. The first-order valence-electron chi connectivity index (χ1n) is 7.77. The maximum absolute atomic E-state index is 4.60. The second-order valence-corrected chi connectivity index (χ2v) is 5.80. The van der Waals surface area contributed by atoms with Crippen molar-refractivity contribution in [1.29, 1.82) is 0 Å². The molecule has 0 bridgehead atoms. The number of nitrogens with one attached hydrogen (secondary N) is 1. The third-order valence-electron chi connectivity index (χ3n) is 4.12. The van der Waals surface area contributed by atoms with E-state index < -0.39 is 0 Å². The zero-order valence-corrected chi connectivity index (χ0v) is 13.8. The highest BCUT2D eigenvalue weighted by Crippen LogP contribution is 2.22. The standard InChI is InChI=1S/C19H26N2/c1-6-17-9-7-8-10-18(17)12-20-15(4)19-13(2)11-14(3)21-16(19)5/h7-11,15,20H,6,12H2,1-5H3. The van der Waals surface area contributed by atoms with Crippen LogP contribution < -0.4 is 5.32 Å². The molecule has 0 saturated heterocycles. The molecule has 2 heteroatoms. The summed E-state index contributed by atoms with van der Waals surface area (Å²) in [5, 5.41) is 3.65. The summed E-state index contributed by atoms with van der Waals surface area (Å²) in [5.41, 5.74) is 7.70. The fourth-order valence-electron chi connectivity index (χ4n) is 3.13. The number of pyridine rings is 1. The lowest BCUT2D eigenvalue weighted by atomic mass is 9.99. The Balaban J connectivity index is 2.14. The molecule has 0 fully saturated rings. The highest BCUT2D eigenvalue weighted by atomic mass is 14.9. The summed E-state index contributed by atoms with van der Waals surface area (Å²) in [6.45, 7) is 11.7. The molecule has 2 nitrogen and oxygen atoms in total. The van der Waals surface area contributed by atoms with Gasteiger partial charge in [0.25, 0.3) is 0 Å². The van der Waals surface area contributed by atoms with E-state index in [9.17, 15) is 0 Å². The molecular weight excluding hydrogens is 256 g/mol. The van der Waals surface area contributed by atoms with Gasteiger partial charge in [0.05, 0.1) is 0 Å². The molecule has 1 aromatic carbocycles. The van der Waals surface area contributed by atoms with Gasteiger partial charge in [0.2, 0.25) is 0 Å². The summed E-state index contributed by atoms with van der Waals surface area (Å²) >= 11 is 0. The Morgan fingerprint density at radius 3 is 2.38 bits per heavy atom. The zero-order chi connectivity index (χ0) is 15.4. The molecule has 2 rings (SSSR count). The Hall–Kier alpha value is -1.67. The molecule has 21 heavy (non-hydrogen) atoms. The fraction of sp³-hybridized carbons (Fsp3) is 0.421. The van der Waals surface area contributed by atoms with Crippen LogP contribution in [0.25, 0.3) is 0 Å². The molecule has 0 aliphatic carbocycles. The zero-order valence-electron chi connectivity index (χ0n) is 13.8. The molecule has 112 valence electrons. The third kappa shape index (κ3) is 3.70. The maximum Gasteiger partial charge on any atom is 0.0426 e. The van der Waals surface area contributed by atoms with Crippen molar-refractivity contribution in [3.8, 4) is 0 Å². The minimum Gasteiger partial charge on any atom is -0.306 e. The molecule has 1 heterocycles. The highest BCUT2D eigenvalue weighted by Gasteiger charge is 2.13. The highest BCUT2D eigenvalue weighted by molar-refractivity contribution is 5.34. The first-order valence-corrected chi connectivity index (χ1v) is 7.77. The van der Waals surface area contributed by atoms with Gasteiger partial charge in [-0.1, -0.05) is 31.2 Å². The van der Waals surface area contributed by atoms with E-state index in [-0.39, 0.29) is 0 Å². The molecule has 1 N–H and O–H groups in total. The van der Waals surface area contributed by atoms with Crippen LogP contribution in [0, 0.1) is 20.8 Å². The number of aromatic nitrogens is 1. The Bertz CT molecular complexity index is 594. The van der Waals surface area contributed by atoms with Gasteiger partial charge in [-0.3, -0.25) is 4.98 Å². The first-order chi connectivity index (χ1) is 10.0. The van der Waals surface area contributed by atoms with Crippen LogP contribution in [-0.2, 0) is 13.0 Å². The number of nitrogens with zero attached hydrogens (tertiary/aromatic N) is 1. The molecule has 1 unspecified atom stereocenters. The predicted molar refractivity (Wildman–Crippen MR) is 89.5 cm³/mol. The maximum atomic E-state index is 4.60. The number of rotatable bonds is 5. The van der Waals surface area contributed by atoms with Gasteiger partial charge in [-0.05, 0) is 62.4 Å². The predicted octanol–water partition coefficient (Wildman–Crippen LogP) is 4.42. The normalized spacial score (nSPS) is 12.4. The van der Waals surface area contributed by atoms with Crippen molar-refractivity contribution in [2.45, 2.75) is 53.6 Å². The van der Waals surface area contributed by atoms with Crippen molar-refractivity contribution in [3.05, 3.63) is 64.0 Å². The minimum atomic E-state index is 0.308. The molecule has 0 aliphatic rings. The van der Waals surface area contributed by atoms with E-state index in [1.54, 1.807) is 0 Å². The summed E-state index contributed by atoms with van der Waals surface area (Å²) in [5.74, 6) is 0. The van der Waals surface area contributed by atoms with E-state index >= 15 is 0 Å². The average molecular weight is 282 g/mol. The van der Waals surface area contributed by atoms with Crippen LogP contribution in [0.2, 0.25) is 0 Å². The smallest absolute Gasteiger partial charge is 0.0426 e. The lowest BCUT2D eigenvalue weighted by molar-refractivity contribution is 0.565. The van der Waals surface area contributed by atoms with Gasteiger partial charge in [-0.25, -0.2) is 0 Å². The summed E-state index contributed by atoms with van der Waals surface area (Å²) in [6, 6.07) is 11.1. The number of benzene rings is 1. The van der Waals surface area contributed by atoms with Gasteiger partial charge in [-0.2, -0.15) is 0 Å². The van der Waals surface area contributed by atoms with Crippen molar-refractivity contribution < 1.29 is 0 Å². The topological polar surface area (TPSA) is 24.9 Å². The second kappa shape index (κ2) is 6.86. The monoisotopic (exact) mass is 282 g/mol. The fourth-order valence-corrected chi connectivity index (χ4v) is 3.13. The van der Waals surface area contributed by atoms with E-state index in [4.69, 9.17) is 0 Å². The number of aryl methyl sites for hydroxylation is 4. The largest absolute Gasteiger partial charge is 0.306 e. The van der Waals surface area contributed by atoms with Crippen LogP contribution in [0.5, 0.6) is 0 Å². The van der Waals surface area contributed by atoms with Crippen molar-refractivity contribution in [2.75, 3.05) is 0 Å². The van der Waals surface area contributed by atoms with E-state index in [0.717, 1.165) is 24.4 Å². The van der Waals surface area contributed by atoms with E-state index in [1.807, 2.05) is 0 Å². The van der Waals surface area contributed by atoms with Crippen molar-refractivity contribution >= 4 is 0 Å². The van der Waals surface area contributed by atoms with Crippen LogP contribution in [-0.4, -0.2) is 4.98 Å². The summed E-state index contributed by atoms with van der Waals surface area (Å²) in [6.07, 6.45) is 1.08. The lowest BCUT2D eigenvalue weighted by Gasteiger charge is -2.20. The van der Waals surface area contributed by atoms with Crippen molar-refractivity contribution in [3.63, 3.8) is 0 Å². The molecule has 0 saturated carbocycles. The molecule has 0 radical (unpaired) electrons. The number of hydrogen-bond donors (Lipinski definition) is 1. The van der Waals surface area contributed by atoms with Crippen LogP contribution in [0.1, 0.15) is 53.5 Å². The Kier molecular flexibility index (Phi) is 5.13. The second-order valence-electron chi connectivity index (χ2n) is 5.80. The van der Waals surface area contributed by atoms with E-state index in [2.05, 4.69) is 75.3 Å². The summed E-state index contributed by atoms with van der Waals surface area (Å²) in [7, 11) is 0.